The van der Waals surface area contributed by atoms with Crippen LogP contribution in [0.5, 0.6) is 0 Å². The molecular weight excluding hydrogens is 158 g/mol. The standard InChI is InChI=1S/C12H17N/c1-3-8-12(13-4-2)11-9-6-5-7-10-11/h4-7,9-10,12-13H,2-3,8H2,1H3. The summed E-state index contributed by atoms with van der Waals surface area (Å²) in [6.45, 7) is 5.89. The summed E-state index contributed by atoms with van der Waals surface area (Å²) in [5.74, 6) is 0. The summed E-state index contributed by atoms with van der Waals surface area (Å²) in [5, 5.41) is 3.26. The lowest BCUT2D eigenvalue weighted by atomic mass is 10.0. The molecule has 0 saturated carbocycles. The Hall–Kier alpha value is -1.24. The Kier molecular flexibility index (Phi) is 4.10. The van der Waals surface area contributed by atoms with Crippen LogP contribution in [0.1, 0.15) is 31.4 Å². The van der Waals surface area contributed by atoms with Crippen molar-refractivity contribution in [3.8, 4) is 0 Å². The summed E-state index contributed by atoms with van der Waals surface area (Å²) in [5.41, 5.74) is 1.34. The van der Waals surface area contributed by atoms with Crippen LogP contribution in [0.4, 0.5) is 0 Å². The normalized spacial score (nSPS) is 12.1. The minimum Gasteiger partial charge on any atom is -0.385 e. The van der Waals surface area contributed by atoms with Gasteiger partial charge in [0.1, 0.15) is 0 Å². The summed E-state index contributed by atoms with van der Waals surface area (Å²) in [6.07, 6.45) is 4.10. The molecule has 1 nitrogen and oxygen atoms in total. The van der Waals surface area contributed by atoms with E-state index in [1.807, 2.05) is 6.07 Å². The Balaban J connectivity index is 2.69. The smallest absolute Gasteiger partial charge is 0.0508 e. The first-order valence-electron chi connectivity index (χ1n) is 4.80. The van der Waals surface area contributed by atoms with Crippen molar-refractivity contribution < 1.29 is 0 Å². The van der Waals surface area contributed by atoms with Gasteiger partial charge in [-0.1, -0.05) is 50.3 Å². The van der Waals surface area contributed by atoms with Gasteiger partial charge in [-0.25, -0.2) is 0 Å². The van der Waals surface area contributed by atoms with Gasteiger partial charge in [0.05, 0.1) is 6.04 Å². The molecule has 0 saturated heterocycles. The molecule has 70 valence electrons. The lowest BCUT2D eigenvalue weighted by Crippen LogP contribution is -2.14. The number of hydrogen-bond donors (Lipinski definition) is 1. The Morgan fingerprint density at radius 3 is 2.62 bits per heavy atom. The molecule has 1 aromatic rings. The number of nitrogens with one attached hydrogen (secondary N) is 1. The molecule has 0 amide bonds. The monoisotopic (exact) mass is 175 g/mol. The van der Waals surface area contributed by atoms with E-state index in [1.54, 1.807) is 6.20 Å². The quantitative estimate of drug-likeness (QED) is 0.724. The van der Waals surface area contributed by atoms with Gasteiger partial charge in [0.2, 0.25) is 0 Å². The van der Waals surface area contributed by atoms with Crippen molar-refractivity contribution in [3.05, 3.63) is 48.7 Å². The van der Waals surface area contributed by atoms with Crippen molar-refractivity contribution in [2.45, 2.75) is 25.8 Å². The van der Waals surface area contributed by atoms with Crippen molar-refractivity contribution in [1.29, 1.82) is 0 Å². The van der Waals surface area contributed by atoms with Crippen LogP contribution in [-0.2, 0) is 0 Å². The first kappa shape index (κ1) is 9.85. The second-order valence-electron chi connectivity index (χ2n) is 3.12. The number of hydrogen-bond acceptors (Lipinski definition) is 1. The molecule has 0 radical (unpaired) electrons. The SMILES string of the molecule is C=CNC(CCC)c1ccccc1. The fourth-order valence-electron chi connectivity index (χ4n) is 1.46. The maximum Gasteiger partial charge on any atom is 0.0508 e. The molecule has 1 rings (SSSR count). The topological polar surface area (TPSA) is 12.0 Å². The summed E-state index contributed by atoms with van der Waals surface area (Å²) in [7, 11) is 0. The Morgan fingerprint density at radius 2 is 2.08 bits per heavy atom. The van der Waals surface area contributed by atoms with E-state index in [4.69, 9.17) is 0 Å². The van der Waals surface area contributed by atoms with Crippen molar-refractivity contribution in [2.24, 2.45) is 0 Å². The van der Waals surface area contributed by atoms with E-state index in [9.17, 15) is 0 Å². The van der Waals surface area contributed by atoms with E-state index >= 15 is 0 Å². The Labute approximate surface area is 80.5 Å². The van der Waals surface area contributed by atoms with Gasteiger partial charge in [0.25, 0.3) is 0 Å². The number of benzene rings is 1. The number of rotatable bonds is 5. The molecule has 0 aliphatic carbocycles. The summed E-state index contributed by atoms with van der Waals surface area (Å²) in [4.78, 5) is 0. The minimum absolute atomic E-state index is 0.420. The van der Waals surface area contributed by atoms with E-state index in [1.165, 1.54) is 12.0 Å². The third kappa shape index (κ3) is 2.94. The first-order chi connectivity index (χ1) is 6.38. The summed E-state index contributed by atoms with van der Waals surface area (Å²) in [6, 6.07) is 10.9. The fourth-order valence-corrected chi connectivity index (χ4v) is 1.46. The summed E-state index contributed by atoms with van der Waals surface area (Å²) < 4.78 is 0. The molecule has 1 heteroatoms. The van der Waals surface area contributed by atoms with Crippen molar-refractivity contribution in [3.63, 3.8) is 0 Å². The van der Waals surface area contributed by atoms with Crippen LogP contribution in [-0.4, -0.2) is 0 Å². The molecular formula is C12H17N. The average Bonchev–Trinajstić information content (AvgIpc) is 2.19. The molecule has 0 aliphatic rings. The van der Waals surface area contributed by atoms with Crippen molar-refractivity contribution in [1.82, 2.24) is 5.32 Å². The van der Waals surface area contributed by atoms with Crippen molar-refractivity contribution in [2.75, 3.05) is 0 Å². The second-order valence-corrected chi connectivity index (χ2v) is 3.12. The van der Waals surface area contributed by atoms with E-state index in [-0.39, 0.29) is 0 Å². The lowest BCUT2D eigenvalue weighted by Gasteiger charge is -2.16. The molecule has 13 heavy (non-hydrogen) atoms. The van der Waals surface area contributed by atoms with Gasteiger partial charge < -0.3 is 5.32 Å². The third-order valence-corrected chi connectivity index (χ3v) is 2.10. The zero-order chi connectivity index (χ0) is 9.52. The predicted molar refractivity (Wildman–Crippen MR) is 57.4 cm³/mol. The van der Waals surface area contributed by atoms with Gasteiger partial charge in [-0.3, -0.25) is 0 Å². The highest BCUT2D eigenvalue weighted by molar-refractivity contribution is 5.19. The molecule has 0 spiro atoms. The molecule has 0 fully saturated rings. The van der Waals surface area contributed by atoms with Gasteiger partial charge in [-0.15, -0.1) is 0 Å². The molecule has 0 bridgehead atoms. The molecule has 0 aromatic heterocycles. The highest BCUT2D eigenvalue weighted by atomic mass is 14.9. The molecule has 0 aliphatic heterocycles. The minimum atomic E-state index is 0.420. The van der Waals surface area contributed by atoms with E-state index in [2.05, 4.69) is 43.1 Å². The van der Waals surface area contributed by atoms with Crippen LogP contribution < -0.4 is 5.32 Å². The van der Waals surface area contributed by atoms with Crippen molar-refractivity contribution >= 4 is 0 Å². The van der Waals surface area contributed by atoms with E-state index in [0.29, 0.717) is 6.04 Å². The van der Waals surface area contributed by atoms with Gasteiger partial charge in [0, 0.05) is 0 Å². The van der Waals surface area contributed by atoms with Crippen LogP contribution >= 0.6 is 0 Å². The molecule has 1 unspecified atom stereocenters. The third-order valence-electron chi connectivity index (χ3n) is 2.10. The van der Waals surface area contributed by atoms with Crippen LogP contribution in [0, 0.1) is 0 Å². The zero-order valence-corrected chi connectivity index (χ0v) is 8.16. The highest BCUT2D eigenvalue weighted by Gasteiger charge is 2.06. The van der Waals surface area contributed by atoms with E-state index in [0.717, 1.165) is 6.42 Å². The summed E-state index contributed by atoms with van der Waals surface area (Å²) >= 11 is 0. The van der Waals surface area contributed by atoms with Crippen LogP contribution in [0.25, 0.3) is 0 Å². The first-order valence-corrected chi connectivity index (χ1v) is 4.80. The maximum absolute atomic E-state index is 3.70. The van der Waals surface area contributed by atoms with E-state index < -0.39 is 0 Å². The maximum atomic E-state index is 3.70. The van der Waals surface area contributed by atoms with Gasteiger partial charge in [-0.2, -0.15) is 0 Å². The van der Waals surface area contributed by atoms with Gasteiger partial charge >= 0.3 is 0 Å². The largest absolute Gasteiger partial charge is 0.385 e. The van der Waals surface area contributed by atoms with Crippen LogP contribution in [0.3, 0.4) is 0 Å². The predicted octanol–water partition coefficient (Wildman–Crippen LogP) is 3.26. The molecule has 1 N–H and O–H groups in total. The van der Waals surface area contributed by atoms with Gasteiger partial charge in [-0.05, 0) is 18.2 Å². The molecule has 0 heterocycles. The average molecular weight is 175 g/mol. The highest BCUT2D eigenvalue weighted by Crippen LogP contribution is 2.17. The second kappa shape index (κ2) is 5.41. The fraction of sp³-hybridized carbons (Fsp3) is 0.333. The van der Waals surface area contributed by atoms with Gasteiger partial charge in [0.15, 0.2) is 0 Å². The van der Waals surface area contributed by atoms with Crippen LogP contribution in [0.15, 0.2) is 43.1 Å². The zero-order valence-electron chi connectivity index (χ0n) is 8.16. The molecule has 1 aromatic carbocycles. The molecule has 1 atom stereocenters. The van der Waals surface area contributed by atoms with Crippen LogP contribution in [0.2, 0.25) is 0 Å². The Bertz CT molecular complexity index is 241. The lowest BCUT2D eigenvalue weighted by molar-refractivity contribution is 0.563. The Morgan fingerprint density at radius 1 is 1.38 bits per heavy atom.